The highest BCUT2D eigenvalue weighted by atomic mass is 32.2. The molecule has 5 aromatic rings. The molecule has 1 unspecified atom stereocenters. The average molecular weight is 641 g/mol. The molecule has 5 rings (SSSR count). The summed E-state index contributed by atoms with van der Waals surface area (Å²) in [5.74, 6) is -0.295. The number of carbonyl (C=O) groups excluding carboxylic acids is 3. The molecule has 0 bridgehead atoms. The Hall–Kier alpha value is -4.71. The molecule has 11 heteroatoms. The van der Waals surface area contributed by atoms with Crippen molar-refractivity contribution in [2.24, 2.45) is 0 Å². The first-order chi connectivity index (χ1) is 21.4. The number of hydrogen-bond donors (Lipinski definition) is 3. The van der Waals surface area contributed by atoms with E-state index in [4.69, 9.17) is 4.74 Å². The molecule has 3 amide bonds. The van der Waals surface area contributed by atoms with Gasteiger partial charge in [-0.25, -0.2) is 4.98 Å². The molecule has 0 fully saturated rings. The number of amides is 3. The number of para-hydroxylation sites is 1. The third kappa shape index (κ3) is 8.01. The Morgan fingerprint density at radius 1 is 0.909 bits per heavy atom. The number of hydrogen-bond acceptors (Lipinski definition) is 8. The summed E-state index contributed by atoms with van der Waals surface area (Å²) in [6.07, 6.45) is 1.64. The Balaban J connectivity index is 1.19. The van der Waals surface area contributed by atoms with Gasteiger partial charge in [0.25, 0.3) is 11.8 Å². The van der Waals surface area contributed by atoms with E-state index in [1.807, 2.05) is 71.6 Å². The molecule has 0 aliphatic heterocycles. The Bertz CT molecular complexity index is 1770. The summed E-state index contributed by atoms with van der Waals surface area (Å²) in [6.45, 7) is 1.82. The highest BCUT2D eigenvalue weighted by Gasteiger charge is 2.18. The van der Waals surface area contributed by atoms with Crippen LogP contribution in [0.15, 0.2) is 112 Å². The minimum absolute atomic E-state index is 0.122. The van der Waals surface area contributed by atoms with Crippen LogP contribution in [0.3, 0.4) is 0 Å². The van der Waals surface area contributed by atoms with Crippen molar-refractivity contribution in [2.45, 2.75) is 17.1 Å². The molecule has 8 nitrogen and oxygen atoms in total. The van der Waals surface area contributed by atoms with Crippen molar-refractivity contribution in [2.75, 3.05) is 17.7 Å². The van der Waals surface area contributed by atoms with Crippen LogP contribution in [0.4, 0.5) is 10.8 Å². The normalized spacial score (nSPS) is 11.8. The van der Waals surface area contributed by atoms with Gasteiger partial charge >= 0.3 is 0 Å². The highest BCUT2D eigenvalue weighted by molar-refractivity contribution is 8.00. The predicted molar refractivity (Wildman–Crippen MR) is 179 cm³/mol. The van der Waals surface area contributed by atoms with Gasteiger partial charge in [-0.1, -0.05) is 30.3 Å². The van der Waals surface area contributed by atoms with Crippen molar-refractivity contribution in [3.63, 3.8) is 0 Å². The summed E-state index contributed by atoms with van der Waals surface area (Å²) in [4.78, 5) is 44.3. The van der Waals surface area contributed by atoms with Gasteiger partial charge in [0.1, 0.15) is 11.4 Å². The summed E-state index contributed by atoms with van der Waals surface area (Å²) in [5, 5.41) is 14.2. The molecule has 2 heterocycles. The van der Waals surface area contributed by atoms with E-state index in [-0.39, 0.29) is 17.5 Å². The second-order valence-electron chi connectivity index (χ2n) is 9.40. The number of anilines is 2. The van der Waals surface area contributed by atoms with Crippen LogP contribution in [-0.4, -0.2) is 35.1 Å². The molecule has 0 saturated carbocycles. The van der Waals surface area contributed by atoms with Crippen LogP contribution in [0.5, 0.6) is 5.75 Å². The maximum Gasteiger partial charge on any atom is 0.272 e. The Morgan fingerprint density at radius 2 is 1.66 bits per heavy atom. The number of nitrogens with one attached hydrogen (secondary N) is 3. The van der Waals surface area contributed by atoms with Crippen molar-refractivity contribution < 1.29 is 19.1 Å². The topological polar surface area (TPSA) is 109 Å². The summed E-state index contributed by atoms with van der Waals surface area (Å²) in [7, 11) is 1.61. The number of thiophene rings is 1. The van der Waals surface area contributed by atoms with Crippen molar-refractivity contribution in [1.29, 1.82) is 0 Å². The number of nitrogens with zero attached hydrogens (tertiary/aromatic N) is 1. The summed E-state index contributed by atoms with van der Waals surface area (Å²) >= 11 is 4.23. The van der Waals surface area contributed by atoms with Crippen LogP contribution in [0.25, 0.3) is 17.3 Å². The summed E-state index contributed by atoms with van der Waals surface area (Å²) in [6, 6.07) is 25.4. The first-order valence-electron chi connectivity index (χ1n) is 13.5. The van der Waals surface area contributed by atoms with Gasteiger partial charge in [-0.3, -0.25) is 14.4 Å². The average Bonchev–Trinajstić information content (AvgIpc) is 3.74. The lowest BCUT2D eigenvalue weighted by Gasteiger charge is -2.13. The standard InChI is InChI=1S/C33H28N4O4S3/c1-21(30(38)37-33-36-28(20-43-33)26-10-6-7-11-29(26)41-2)44-25-14-12-24(13-15-25)34-32(40)27(18-22-16-17-42-19-22)35-31(39)23-8-4-3-5-9-23/h3-21H,1-2H3,(H,34,40)(H,35,39)(H,36,37,38)/b27-18-. The van der Waals surface area contributed by atoms with Crippen molar-refractivity contribution in [3.8, 4) is 17.0 Å². The van der Waals surface area contributed by atoms with E-state index < -0.39 is 11.2 Å². The number of thioether (sulfide) groups is 1. The third-order valence-electron chi connectivity index (χ3n) is 6.29. The maximum atomic E-state index is 13.2. The number of methoxy groups -OCH3 is 1. The predicted octanol–water partition coefficient (Wildman–Crippen LogP) is 7.41. The van der Waals surface area contributed by atoms with Gasteiger partial charge in [0.05, 0.1) is 18.1 Å². The number of rotatable bonds is 11. The maximum absolute atomic E-state index is 13.2. The van der Waals surface area contributed by atoms with Gasteiger partial charge in [-0.05, 0) is 83.9 Å². The molecule has 0 aliphatic rings. The minimum atomic E-state index is -0.454. The lowest BCUT2D eigenvalue weighted by atomic mass is 10.1. The largest absolute Gasteiger partial charge is 0.496 e. The van der Waals surface area contributed by atoms with E-state index in [0.29, 0.717) is 22.1 Å². The van der Waals surface area contributed by atoms with Gasteiger partial charge in [-0.15, -0.1) is 23.1 Å². The van der Waals surface area contributed by atoms with Gasteiger partial charge < -0.3 is 20.7 Å². The first-order valence-corrected chi connectivity index (χ1v) is 16.2. The van der Waals surface area contributed by atoms with E-state index in [9.17, 15) is 14.4 Å². The number of aromatic nitrogens is 1. The van der Waals surface area contributed by atoms with Gasteiger partial charge in [-0.2, -0.15) is 11.3 Å². The van der Waals surface area contributed by atoms with E-state index >= 15 is 0 Å². The fourth-order valence-electron chi connectivity index (χ4n) is 4.06. The molecule has 1 atom stereocenters. The van der Waals surface area contributed by atoms with E-state index in [1.54, 1.807) is 49.6 Å². The van der Waals surface area contributed by atoms with Crippen molar-refractivity contribution in [3.05, 3.63) is 118 Å². The molecule has 44 heavy (non-hydrogen) atoms. The molecule has 0 spiro atoms. The van der Waals surface area contributed by atoms with Gasteiger partial charge in [0.2, 0.25) is 5.91 Å². The zero-order valence-electron chi connectivity index (χ0n) is 23.8. The van der Waals surface area contributed by atoms with Crippen LogP contribution in [0, 0.1) is 0 Å². The molecule has 0 radical (unpaired) electrons. The monoisotopic (exact) mass is 640 g/mol. The van der Waals surface area contributed by atoms with Gasteiger partial charge in [0, 0.05) is 27.1 Å². The molecule has 222 valence electrons. The van der Waals surface area contributed by atoms with E-state index in [0.717, 1.165) is 21.7 Å². The number of ether oxygens (including phenoxy) is 1. The summed E-state index contributed by atoms with van der Waals surface area (Å²) in [5.41, 5.74) is 3.51. The second kappa shape index (κ2) is 14.6. The van der Waals surface area contributed by atoms with E-state index in [1.165, 1.54) is 34.4 Å². The molecule has 3 N–H and O–H groups in total. The fraction of sp³-hybridized carbons (Fsp3) is 0.0909. The zero-order chi connectivity index (χ0) is 30.9. The van der Waals surface area contributed by atoms with E-state index in [2.05, 4.69) is 20.9 Å². The number of carbonyl (C=O) groups is 3. The van der Waals surface area contributed by atoms with Crippen LogP contribution in [0.2, 0.25) is 0 Å². The second-order valence-corrected chi connectivity index (χ2v) is 12.5. The van der Waals surface area contributed by atoms with Crippen molar-refractivity contribution >= 4 is 69.1 Å². The minimum Gasteiger partial charge on any atom is -0.496 e. The van der Waals surface area contributed by atoms with Crippen LogP contribution in [-0.2, 0) is 9.59 Å². The van der Waals surface area contributed by atoms with Crippen LogP contribution < -0.4 is 20.7 Å². The number of thiazole rings is 1. The zero-order valence-corrected chi connectivity index (χ0v) is 26.2. The lowest BCUT2D eigenvalue weighted by molar-refractivity contribution is -0.115. The van der Waals surface area contributed by atoms with Crippen LogP contribution in [0.1, 0.15) is 22.8 Å². The Labute approximate surface area is 267 Å². The quantitative estimate of drug-likeness (QED) is 0.103. The van der Waals surface area contributed by atoms with Gasteiger partial charge in [0.15, 0.2) is 5.13 Å². The molecule has 0 aliphatic carbocycles. The lowest BCUT2D eigenvalue weighted by Crippen LogP contribution is -2.30. The molecular weight excluding hydrogens is 613 g/mol. The SMILES string of the molecule is COc1ccccc1-c1csc(NC(=O)C(C)Sc2ccc(NC(=O)/C(=C/c3ccsc3)NC(=O)c3ccccc3)cc2)n1. The third-order valence-corrected chi connectivity index (χ3v) is 8.87. The molecular formula is C33H28N4O4S3. The molecule has 3 aromatic carbocycles. The molecule has 0 saturated heterocycles. The first kappa shape index (κ1) is 30.7. The Morgan fingerprint density at radius 3 is 2.39 bits per heavy atom. The smallest absolute Gasteiger partial charge is 0.272 e. The number of benzene rings is 3. The Kier molecular flexibility index (Phi) is 10.2. The van der Waals surface area contributed by atoms with Crippen molar-refractivity contribution in [1.82, 2.24) is 10.3 Å². The highest BCUT2D eigenvalue weighted by Crippen LogP contribution is 2.32. The fourth-order valence-corrected chi connectivity index (χ4v) is 6.26. The molecule has 2 aromatic heterocycles. The summed E-state index contributed by atoms with van der Waals surface area (Å²) < 4.78 is 5.42. The van der Waals surface area contributed by atoms with Crippen LogP contribution >= 0.6 is 34.4 Å².